The van der Waals surface area contributed by atoms with Gasteiger partial charge in [-0.3, -0.25) is 4.90 Å². The summed E-state index contributed by atoms with van der Waals surface area (Å²) in [6, 6.07) is 2.10. The second kappa shape index (κ2) is 5.04. The van der Waals surface area contributed by atoms with E-state index in [1.807, 2.05) is 6.92 Å². The molecule has 0 bridgehead atoms. The van der Waals surface area contributed by atoms with Gasteiger partial charge >= 0.3 is 0 Å². The molecule has 0 unspecified atom stereocenters. The lowest BCUT2D eigenvalue weighted by molar-refractivity contribution is 0.231. The van der Waals surface area contributed by atoms with E-state index in [2.05, 4.69) is 36.6 Å². The fraction of sp³-hybridized carbons (Fsp3) is 0.692. The Kier molecular flexibility index (Phi) is 3.85. The highest BCUT2D eigenvalue weighted by Crippen LogP contribution is 2.30. The van der Waals surface area contributed by atoms with Gasteiger partial charge in [0.05, 0.1) is 6.54 Å². The van der Waals surface area contributed by atoms with Gasteiger partial charge in [-0.15, -0.1) is 0 Å². The van der Waals surface area contributed by atoms with E-state index in [1.165, 1.54) is 5.75 Å². The summed E-state index contributed by atoms with van der Waals surface area (Å²) < 4.78 is 6.11. The van der Waals surface area contributed by atoms with E-state index in [0.29, 0.717) is 11.3 Å². The highest BCUT2D eigenvalue weighted by molar-refractivity contribution is 8.00. The number of aryl methyl sites for hydroxylation is 1. The van der Waals surface area contributed by atoms with Crippen LogP contribution in [-0.2, 0) is 13.1 Å². The van der Waals surface area contributed by atoms with Crippen LogP contribution in [0.25, 0.3) is 0 Å². The number of hydrogen-bond donors (Lipinski definition) is 1. The van der Waals surface area contributed by atoms with E-state index < -0.39 is 0 Å². The summed E-state index contributed by atoms with van der Waals surface area (Å²) in [5, 5.41) is 0. The number of nitrogens with zero attached hydrogens (tertiary/aromatic N) is 1. The van der Waals surface area contributed by atoms with Crippen LogP contribution < -0.4 is 5.73 Å². The van der Waals surface area contributed by atoms with Crippen molar-refractivity contribution < 1.29 is 4.42 Å². The monoisotopic (exact) mass is 254 g/mol. The van der Waals surface area contributed by atoms with Crippen LogP contribution in [0.1, 0.15) is 30.9 Å². The predicted molar refractivity (Wildman–Crippen MR) is 73.2 cm³/mol. The largest absolute Gasteiger partial charge is 0.465 e. The molecular formula is C13H22N2OS. The van der Waals surface area contributed by atoms with Gasteiger partial charge in [-0.1, -0.05) is 0 Å². The van der Waals surface area contributed by atoms with Crippen molar-refractivity contribution in [2.75, 3.05) is 18.8 Å². The molecule has 17 heavy (non-hydrogen) atoms. The van der Waals surface area contributed by atoms with Crippen molar-refractivity contribution in [2.24, 2.45) is 5.73 Å². The van der Waals surface area contributed by atoms with Crippen LogP contribution in [0, 0.1) is 6.92 Å². The Labute approximate surface area is 108 Å². The van der Waals surface area contributed by atoms with Crippen LogP contribution in [0.2, 0.25) is 0 Å². The molecule has 1 aromatic rings. The van der Waals surface area contributed by atoms with Gasteiger partial charge in [0.1, 0.15) is 11.5 Å². The smallest absolute Gasteiger partial charge is 0.118 e. The lowest BCUT2D eigenvalue weighted by Crippen LogP contribution is -2.42. The first-order valence-corrected chi connectivity index (χ1v) is 7.13. The van der Waals surface area contributed by atoms with E-state index in [4.69, 9.17) is 10.2 Å². The van der Waals surface area contributed by atoms with Gasteiger partial charge in [-0.25, -0.2) is 0 Å². The standard InChI is InChI=1S/C13H22N2OS/c1-10-11(7-14)6-12(16-10)8-15-4-5-17-13(2,3)9-15/h6H,4-5,7-9,14H2,1-3H3. The van der Waals surface area contributed by atoms with Gasteiger partial charge in [0.15, 0.2) is 0 Å². The molecule has 0 atom stereocenters. The minimum absolute atomic E-state index is 0.358. The van der Waals surface area contributed by atoms with Gasteiger partial charge in [0.2, 0.25) is 0 Å². The molecule has 0 aromatic carbocycles. The number of hydrogen-bond acceptors (Lipinski definition) is 4. The average Bonchev–Trinajstić information content (AvgIpc) is 2.57. The van der Waals surface area contributed by atoms with Gasteiger partial charge in [0.25, 0.3) is 0 Å². The van der Waals surface area contributed by atoms with Crippen LogP contribution in [-0.4, -0.2) is 28.5 Å². The Morgan fingerprint density at radius 3 is 2.88 bits per heavy atom. The molecular weight excluding hydrogens is 232 g/mol. The molecule has 1 saturated heterocycles. The van der Waals surface area contributed by atoms with Crippen LogP contribution in [0.4, 0.5) is 0 Å². The van der Waals surface area contributed by atoms with Gasteiger partial charge in [-0.05, 0) is 26.8 Å². The first-order valence-electron chi connectivity index (χ1n) is 6.15. The molecule has 96 valence electrons. The van der Waals surface area contributed by atoms with Crippen molar-refractivity contribution in [3.05, 3.63) is 23.2 Å². The zero-order chi connectivity index (χ0) is 12.5. The molecule has 1 aliphatic rings. The third-order valence-corrected chi connectivity index (χ3v) is 4.47. The van der Waals surface area contributed by atoms with Crippen molar-refractivity contribution in [1.82, 2.24) is 4.90 Å². The molecule has 2 rings (SSSR count). The third-order valence-electron chi connectivity index (χ3n) is 3.18. The molecule has 0 aliphatic carbocycles. The maximum atomic E-state index is 5.75. The Morgan fingerprint density at radius 2 is 2.29 bits per heavy atom. The molecule has 4 heteroatoms. The second-order valence-corrected chi connectivity index (χ2v) is 7.12. The average molecular weight is 254 g/mol. The fourth-order valence-electron chi connectivity index (χ4n) is 2.34. The normalized spacial score (nSPS) is 20.7. The first-order chi connectivity index (χ1) is 8.00. The Hall–Kier alpha value is -0.450. The highest BCUT2D eigenvalue weighted by Gasteiger charge is 2.27. The number of rotatable bonds is 3. The molecule has 0 saturated carbocycles. The maximum absolute atomic E-state index is 5.75. The molecule has 0 radical (unpaired) electrons. The number of thioether (sulfide) groups is 1. The molecule has 0 amide bonds. The van der Waals surface area contributed by atoms with Gasteiger partial charge < -0.3 is 10.2 Å². The van der Waals surface area contributed by atoms with Crippen molar-refractivity contribution >= 4 is 11.8 Å². The maximum Gasteiger partial charge on any atom is 0.118 e. The zero-order valence-corrected chi connectivity index (χ0v) is 11.8. The summed E-state index contributed by atoms with van der Waals surface area (Å²) in [5.74, 6) is 3.22. The zero-order valence-electron chi connectivity index (χ0n) is 11.0. The number of nitrogens with two attached hydrogens (primary N) is 1. The van der Waals surface area contributed by atoms with Crippen LogP contribution in [0.3, 0.4) is 0 Å². The van der Waals surface area contributed by atoms with Crippen LogP contribution in [0.15, 0.2) is 10.5 Å². The van der Waals surface area contributed by atoms with Crippen molar-refractivity contribution in [2.45, 2.75) is 38.6 Å². The van der Waals surface area contributed by atoms with Crippen molar-refractivity contribution in [3.8, 4) is 0 Å². The fourth-order valence-corrected chi connectivity index (χ4v) is 3.51. The van der Waals surface area contributed by atoms with E-state index in [1.54, 1.807) is 0 Å². The highest BCUT2D eigenvalue weighted by atomic mass is 32.2. The lowest BCUT2D eigenvalue weighted by Gasteiger charge is -2.37. The van der Waals surface area contributed by atoms with E-state index >= 15 is 0 Å². The van der Waals surface area contributed by atoms with Gasteiger partial charge in [-0.2, -0.15) is 11.8 Å². The minimum Gasteiger partial charge on any atom is -0.465 e. The Balaban J connectivity index is 2.00. The summed E-state index contributed by atoms with van der Waals surface area (Å²) >= 11 is 2.06. The molecule has 2 N–H and O–H groups in total. The second-order valence-electron chi connectivity index (χ2n) is 5.32. The van der Waals surface area contributed by atoms with E-state index in [0.717, 1.165) is 36.7 Å². The summed E-state index contributed by atoms with van der Waals surface area (Å²) in [5.41, 5.74) is 6.79. The summed E-state index contributed by atoms with van der Waals surface area (Å²) in [4.78, 5) is 2.47. The predicted octanol–water partition coefficient (Wildman–Crippen LogP) is 2.37. The molecule has 3 nitrogen and oxygen atoms in total. The summed E-state index contributed by atoms with van der Waals surface area (Å²) in [6.45, 7) is 10.3. The van der Waals surface area contributed by atoms with Crippen LogP contribution in [0.5, 0.6) is 0 Å². The van der Waals surface area contributed by atoms with Gasteiger partial charge in [0, 0.05) is 35.7 Å². The van der Waals surface area contributed by atoms with Crippen molar-refractivity contribution in [3.63, 3.8) is 0 Å². The minimum atomic E-state index is 0.358. The molecule has 1 fully saturated rings. The third kappa shape index (κ3) is 3.27. The van der Waals surface area contributed by atoms with E-state index in [-0.39, 0.29) is 0 Å². The van der Waals surface area contributed by atoms with Crippen molar-refractivity contribution in [1.29, 1.82) is 0 Å². The topological polar surface area (TPSA) is 42.4 Å². The summed E-state index contributed by atoms with van der Waals surface area (Å²) in [6.07, 6.45) is 0. The Bertz CT molecular complexity index is 387. The van der Waals surface area contributed by atoms with E-state index in [9.17, 15) is 0 Å². The molecule has 2 heterocycles. The Morgan fingerprint density at radius 1 is 1.53 bits per heavy atom. The lowest BCUT2D eigenvalue weighted by atomic mass is 10.2. The number of furan rings is 1. The molecule has 0 spiro atoms. The van der Waals surface area contributed by atoms with Crippen LogP contribution >= 0.6 is 11.8 Å². The molecule has 1 aliphatic heterocycles. The summed E-state index contributed by atoms with van der Waals surface area (Å²) in [7, 11) is 0. The molecule has 1 aromatic heterocycles. The quantitative estimate of drug-likeness (QED) is 0.899. The SMILES string of the molecule is Cc1oc(CN2CCSC(C)(C)C2)cc1CN. The first kappa shape index (κ1) is 13.0.